The van der Waals surface area contributed by atoms with Gasteiger partial charge in [0.2, 0.25) is 5.95 Å². The van der Waals surface area contributed by atoms with E-state index in [9.17, 15) is 18.0 Å². The second kappa shape index (κ2) is 11.0. The second-order valence-electron chi connectivity index (χ2n) is 9.68. The van der Waals surface area contributed by atoms with Gasteiger partial charge >= 0.3 is 6.18 Å². The van der Waals surface area contributed by atoms with Gasteiger partial charge in [0.1, 0.15) is 23.1 Å². The lowest BCUT2D eigenvalue weighted by Gasteiger charge is -2.32. The summed E-state index contributed by atoms with van der Waals surface area (Å²) >= 11 is 0. The van der Waals surface area contributed by atoms with Crippen molar-refractivity contribution < 1.29 is 22.7 Å². The van der Waals surface area contributed by atoms with E-state index in [1.54, 1.807) is 18.2 Å². The van der Waals surface area contributed by atoms with Gasteiger partial charge in [0.15, 0.2) is 11.6 Å². The van der Waals surface area contributed by atoms with Gasteiger partial charge < -0.3 is 30.9 Å². The number of alkyl halides is 3. The van der Waals surface area contributed by atoms with E-state index in [-0.39, 0.29) is 22.8 Å². The normalized spacial score (nSPS) is 14.2. The lowest BCUT2D eigenvalue weighted by atomic mass is 10.1. The fourth-order valence-electron chi connectivity index (χ4n) is 4.38. The molecule has 0 saturated carbocycles. The summed E-state index contributed by atoms with van der Waals surface area (Å²) in [6, 6.07) is 7.89. The van der Waals surface area contributed by atoms with Gasteiger partial charge in [0, 0.05) is 49.2 Å². The third-order valence-electron chi connectivity index (χ3n) is 6.76. The largest absolute Gasteiger partial charge is 0.497 e. The fourth-order valence-corrected chi connectivity index (χ4v) is 4.38. The van der Waals surface area contributed by atoms with E-state index in [0.717, 1.165) is 43.9 Å². The number of hydrogen-bond acceptors (Lipinski definition) is 10. The van der Waals surface area contributed by atoms with Crippen molar-refractivity contribution in [3.8, 4) is 5.75 Å². The molecule has 5 rings (SSSR count). The molecule has 1 aliphatic heterocycles. The van der Waals surface area contributed by atoms with Crippen LogP contribution in [0.25, 0.3) is 11.0 Å². The van der Waals surface area contributed by atoms with Crippen LogP contribution in [0.3, 0.4) is 0 Å². The molecule has 0 spiro atoms. The standard InChI is InChI=1S/C27H28F3N9O2/c1-15-4-5-16(25(40)34-18-11-17(27(28,29)30)12-19(13-18)41-3)10-20(15)35-24-22-21(32-14-33-24)23(31)37-26(36-22)39-8-6-38(2)7-9-39/h4-5,10-14H,6-9H2,1-3H3,(H,34,40)(H2,31,36,37)(H,32,33,35). The molecule has 4 aromatic rings. The van der Waals surface area contributed by atoms with E-state index in [2.05, 4.69) is 37.5 Å². The molecule has 214 valence electrons. The summed E-state index contributed by atoms with van der Waals surface area (Å²) in [5, 5.41) is 5.74. The average Bonchev–Trinajstić information content (AvgIpc) is 2.94. The maximum atomic E-state index is 13.3. The zero-order valence-electron chi connectivity index (χ0n) is 22.6. The molecule has 14 heteroatoms. The lowest BCUT2D eigenvalue weighted by Crippen LogP contribution is -2.45. The molecular weight excluding hydrogens is 539 g/mol. The Kier molecular flexibility index (Phi) is 7.49. The van der Waals surface area contributed by atoms with E-state index >= 15 is 0 Å². The molecule has 0 radical (unpaired) electrons. The molecule has 3 heterocycles. The third-order valence-corrected chi connectivity index (χ3v) is 6.76. The number of aromatic nitrogens is 4. The molecule has 2 aromatic carbocycles. The Labute approximate surface area is 233 Å². The fraction of sp³-hybridized carbons (Fsp3) is 0.296. The van der Waals surface area contributed by atoms with Gasteiger partial charge in [-0.3, -0.25) is 4.79 Å². The molecule has 11 nitrogen and oxygen atoms in total. The number of amides is 1. The Bertz CT molecular complexity index is 1610. The van der Waals surface area contributed by atoms with Crippen LogP contribution in [0.15, 0.2) is 42.7 Å². The molecule has 1 amide bonds. The van der Waals surface area contributed by atoms with Crippen molar-refractivity contribution in [2.45, 2.75) is 13.1 Å². The van der Waals surface area contributed by atoms with Crippen molar-refractivity contribution in [3.63, 3.8) is 0 Å². The summed E-state index contributed by atoms with van der Waals surface area (Å²) in [6.45, 7) is 5.04. The van der Waals surface area contributed by atoms with E-state index in [0.29, 0.717) is 28.5 Å². The van der Waals surface area contributed by atoms with Gasteiger partial charge in [0.05, 0.1) is 12.7 Å². The predicted octanol–water partition coefficient (Wildman–Crippen LogP) is 4.09. The van der Waals surface area contributed by atoms with Crippen LogP contribution in [0.1, 0.15) is 21.5 Å². The molecule has 1 aliphatic rings. The maximum absolute atomic E-state index is 13.3. The Hall–Kier alpha value is -4.72. The Morgan fingerprint density at radius 2 is 1.78 bits per heavy atom. The zero-order chi connectivity index (χ0) is 29.3. The minimum atomic E-state index is -4.60. The van der Waals surface area contributed by atoms with E-state index in [1.807, 2.05) is 11.8 Å². The number of aryl methyl sites for hydroxylation is 1. The van der Waals surface area contributed by atoms with Crippen molar-refractivity contribution in [1.82, 2.24) is 24.8 Å². The van der Waals surface area contributed by atoms with E-state index < -0.39 is 17.6 Å². The van der Waals surface area contributed by atoms with Crippen LogP contribution >= 0.6 is 0 Å². The second-order valence-corrected chi connectivity index (χ2v) is 9.68. The first-order chi connectivity index (χ1) is 19.5. The van der Waals surface area contributed by atoms with Crippen LogP contribution in [-0.2, 0) is 6.18 Å². The number of carbonyl (C=O) groups excluding carboxylic acids is 1. The number of anilines is 5. The molecular formula is C27H28F3N9O2. The molecule has 0 atom stereocenters. The Morgan fingerprint density at radius 1 is 1.02 bits per heavy atom. The number of halogens is 3. The molecule has 0 bridgehead atoms. The number of likely N-dealkylation sites (N-methyl/N-ethyl adjacent to an activating group) is 1. The van der Waals surface area contributed by atoms with Gasteiger partial charge in [-0.1, -0.05) is 6.07 Å². The number of hydrogen-bond donors (Lipinski definition) is 3. The number of methoxy groups -OCH3 is 1. The predicted molar refractivity (Wildman–Crippen MR) is 150 cm³/mol. The average molecular weight is 568 g/mol. The summed E-state index contributed by atoms with van der Waals surface area (Å²) in [5.41, 5.74) is 7.58. The number of fused-ring (bicyclic) bond motifs is 1. The van der Waals surface area contributed by atoms with Gasteiger partial charge in [-0.05, 0) is 43.8 Å². The highest BCUT2D eigenvalue weighted by molar-refractivity contribution is 6.05. The number of piperazine rings is 1. The highest BCUT2D eigenvalue weighted by atomic mass is 19.4. The molecule has 41 heavy (non-hydrogen) atoms. The van der Waals surface area contributed by atoms with Crippen LogP contribution in [0.4, 0.5) is 42.1 Å². The number of rotatable bonds is 6. The highest BCUT2D eigenvalue weighted by Crippen LogP contribution is 2.34. The first kappa shape index (κ1) is 27.8. The number of nitrogens with one attached hydrogen (secondary N) is 2. The van der Waals surface area contributed by atoms with Crippen molar-refractivity contribution >= 4 is 45.9 Å². The summed E-state index contributed by atoms with van der Waals surface area (Å²) in [7, 11) is 3.30. The molecule has 0 aliphatic carbocycles. The Morgan fingerprint density at radius 3 is 2.49 bits per heavy atom. The van der Waals surface area contributed by atoms with Crippen molar-refractivity contribution in [2.24, 2.45) is 0 Å². The highest BCUT2D eigenvalue weighted by Gasteiger charge is 2.31. The quantitative estimate of drug-likeness (QED) is 0.313. The molecule has 2 aromatic heterocycles. The minimum Gasteiger partial charge on any atom is -0.497 e. The number of nitrogens with zero attached hydrogens (tertiary/aromatic N) is 6. The molecule has 1 fully saturated rings. The number of ether oxygens (including phenoxy) is 1. The van der Waals surface area contributed by atoms with Gasteiger partial charge in [-0.15, -0.1) is 0 Å². The van der Waals surface area contributed by atoms with Gasteiger partial charge in [0.25, 0.3) is 5.91 Å². The first-order valence-electron chi connectivity index (χ1n) is 12.7. The van der Waals surface area contributed by atoms with Crippen molar-refractivity contribution in [2.75, 3.05) is 61.6 Å². The van der Waals surface area contributed by atoms with Crippen LogP contribution in [0.2, 0.25) is 0 Å². The van der Waals surface area contributed by atoms with Gasteiger partial charge in [-0.2, -0.15) is 18.2 Å². The molecule has 1 saturated heterocycles. The minimum absolute atomic E-state index is 0.0331. The topological polar surface area (TPSA) is 134 Å². The third kappa shape index (κ3) is 6.06. The van der Waals surface area contributed by atoms with E-state index in [4.69, 9.17) is 15.5 Å². The summed E-state index contributed by atoms with van der Waals surface area (Å²) in [6.07, 6.45) is -3.26. The first-order valence-corrected chi connectivity index (χ1v) is 12.7. The van der Waals surface area contributed by atoms with Crippen LogP contribution in [0.5, 0.6) is 5.75 Å². The van der Waals surface area contributed by atoms with Crippen LogP contribution in [0, 0.1) is 6.92 Å². The lowest BCUT2D eigenvalue weighted by molar-refractivity contribution is -0.137. The summed E-state index contributed by atoms with van der Waals surface area (Å²) in [5.74, 6) is 0.418. The molecule has 0 unspecified atom stereocenters. The monoisotopic (exact) mass is 567 g/mol. The van der Waals surface area contributed by atoms with Crippen molar-refractivity contribution in [1.29, 1.82) is 0 Å². The number of nitrogens with two attached hydrogens (primary N) is 1. The molecule has 4 N–H and O–H groups in total. The Balaban J connectivity index is 1.43. The number of nitrogen functional groups attached to an aromatic ring is 1. The zero-order valence-corrected chi connectivity index (χ0v) is 22.6. The SMILES string of the molecule is COc1cc(NC(=O)c2ccc(C)c(Nc3ncnc4c(N)nc(N5CCN(C)CC5)nc34)c2)cc(C(F)(F)F)c1. The van der Waals surface area contributed by atoms with Crippen LogP contribution < -0.4 is 26.0 Å². The smallest absolute Gasteiger partial charge is 0.416 e. The van der Waals surface area contributed by atoms with E-state index in [1.165, 1.54) is 19.5 Å². The summed E-state index contributed by atoms with van der Waals surface area (Å²) in [4.78, 5) is 35.1. The van der Waals surface area contributed by atoms with Crippen LogP contribution in [-0.4, -0.2) is 71.1 Å². The number of benzene rings is 2. The van der Waals surface area contributed by atoms with Crippen molar-refractivity contribution in [3.05, 3.63) is 59.4 Å². The summed E-state index contributed by atoms with van der Waals surface area (Å²) < 4.78 is 44.9. The maximum Gasteiger partial charge on any atom is 0.416 e. The van der Waals surface area contributed by atoms with Gasteiger partial charge in [-0.25, -0.2) is 15.0 Å². The number of carbonyl (C=O) groups is 1.